The Morgan fingerprint density at radius 3 is 2.36 bits per heavy atom. The molecule has 2 fully saturated rings. The van der Waals surface area contributed by atoms with Crippen LogP contribution in [-0.2, 0) is 25.0 Å². The molecule has 13 heteroatoms. The van der Waals surface area contributed by atoms with Crippen LogP contribution in [0.5, 0.6) is 0 Å². The monoisotopic (exact) mass is 676 g/mol. The van der Waals surface area contributed by atoms with Crippen LogP contribution in [0.2, 0.25) is 5.02 Å². The fourth-order valence-corrected chi connectivity index (χ4v) is 6.48. The lowest BCUT2D eigenvalue weighted by Crippen LogP contribution is -2.56. The molecule has 4 amide bonds. The molecule has 47 heavy (non-hydrogen) atoms. The third-order valence-electron chi connectivity index (χ3n) is 8.80. The first kappa shape index (κ1) is 36.1. The quantitative estimate of drug-likeness (QED) is 0.195. The van der Waals surface area contributed by atoms with E-state index in [1.807, 2.05) is 0 Å². The minimum absolute atomic E-state index is 0.0155. The maximum absolute atomic E-state index is 16.0. The van der Waals surface area contributed by atoms with Crippen molar-refractivity contribution in [3.8, 4) is 0 Å². The van der Waals surface area contributed by atoms with Gasteiger partial charge in [0.1, 0.15) is 6.04 Å². The topological polar surface area (TPSA) is 146 Å². The summed E-state index contributed by atoms with van der Waals surface area (Å²) in [6, 6.07) is 10.3. The summed E-state index contributed by atoms with van der Waals surface area (Å²) in [6.07, 6.45) is 0.223. The van der Waals surface area contributed by atoms with Gasteiger partial charge in [-0.3, -0.25) is 14.4 Å². The molecule has 1 saturated carbocycles. The number of alkyl halides is 2. The molecule has 4 rings (SSSR count). The van der Waals surface area contributed by atoms with Gasteiger partial charge in [-0.2, -0.15) is 8.78 Å². The predicted molar refractivity (Wildman–Crippen MR) is 171 cm³/mol. The van der Waals surface area contributed by atoms with Gasteiger partial charge in [0.15, 0.2) is 12.2 Å². The van der Waals surface area contributed by atoms with Crippen molar-refractivity contribution in [2.75, 3.05) is 13.1 Å². The highest BCUT2D eigenvalue weighted by Gasteiger charge is 2.46. The van der Waals surface area contributed by atoms with Crippen molar-refractivity contribution in [2.45, 2.75) is 88.5 Å². The summed E-state index contributed by atoms with van der Waals surface area (Å²) in [4.78, 5) is 52.2. The fraction of sp³-hybridized carbons (Fsp3) is 0.529. The Labute approximate surface area is 278 Å². The van der Waals surface area contributed by atoms with E-state index in [2.05, 4.69) is 21.3 Å². The van der Waals surface area contributed by atoms with E-state index in [0.29, 0.717) is 13.0 Å². The third-order valence-corrected chi connectivity index (χ3v) is 9.03. The summed E-state index contributed by atoms with van der Waals surface area (Å²) in [5.41, 5.74) is -0.429. The molecule has 10 nitrogen and oxygen atoms in total. The number of carbonyl (C=O) groups excluding carboxylic acids is 4. The summed E-state index contributed by atoms with van der Waals surface area (Å²) in [6.45, 7) is 2.35. The van der Waals surface area contributed by atoms with Crippen molar-refractivity contribution in [3.05, 3.63) is 70.7 Å². The summed E-state index contributed by atoms with van der Waals surface area (Å²) < 4.78 is 37.4. The number of amides is 4. The van der Waals surface area contributed by atoms with E-state index in [9.17, 15) is 24.3 Å². The van der Waals surface area contributed by atoms with Crippen LogP contribution in [0, 0.1) is 11.8 Å². The molecule has 2 aromatic carbocycles. The smallest absolute Gasteiger partial charge is 0.408 e. The molecule has 5 N–H and O–H groups in total. The molecule has 1 saturated heterocycles. The number of nitrogens with one attached hydrogen (secondary N) is 4. The molecule has 1 aliphatic carbocycles. The van der Waals surface area contributed by atoms with Crippen LogP contribution in [0.4, 0.5) is 13.6 Å². The second-order valence-electron chi connectivity index (χ2n) is 12.2. The maximum Gasteiger partial charge on any atom is 0.408 e. The number of hydrogen-bond acceptors (Lipinski definition) is 6. The molecule has 2 unspecified atom stereocenters. The van der Waals surface area contributed by atoms with Gasteiger partial charge in [-0.1, -0.05) is 86.2 Å². The van der Waals surface area contributed by atoms with Crippen LogP contribution < -0.4 is 21.3 Å². The van der Waals surface area contributed by atoms with Gasteiger partial charge in [0, 0.05) is 29.6 Å². The minimum Gasteiger partial charge on any atom is -0.434 e. The van der Waals surface area contributed by atoms with Crippen molar-refractivity contribution in [3.63, 3.8) is 0 Å². The predicted octanol–water partition coefficient (Wildman–Crippen LogP) is 4.75. The van der Waals surface area contributed by atoms with Gasteiger partial charge in [0.25, 0.3) is 5.91 Å². The highest BCUT2D eigenvalue weighted by molar-refractivity contribution is 6.30. The number of benzene rings is 2. The average molecular weight is 677 g/mol. The van der Waals surface area contributed by atoms with Crippen LogP contribution in [0.15, 0.2) is 54.6 Å². The lowest BCUT2D eigenvalue weighted by molar-refractivity contribution is -0.134. The van der Waals surface area contributed by atoms with Crippen LogP contribution in [0.3, 0.4) is 0 Å². The molecular weight excluding hydrogens is 634 g/mol. The molecule has 1 aliphatic heterocycles. The van der Waals surface area contributed by atoms with Gasteiger partial charge < -0.3 is 31.1 Å². The standard InChI is InChI=1S/C34H43ClF2N4O6/c1-2-38-32(45)28(42)26(19-23-16-17-39-30(23)43)40-31(44)27(18-21-10-5-3-6-11-21)41-33(46)47-29(22-12-7-4-8-13-22)34(36,37)24-14-9-15-25(35)20-24/h4,7-9,12-15,20-21,23,26-29,42H,2-3,5-6,10-11,16-19H2,1H3,(H,38,45)(H,39,43)(H,40,44)(H,41,46)/t23-,26-,27-,28?,29?/m0/s1. The van der Waals surface area contributed by atoms with Crippen LogP contribution in [-0.4, -0.2) is 60.2 Å². The first-order valence-electron chi connectivity index (χ1n) is 16.2. The number of aliphatic hydroxyl groups is 1. The van der Waals surface area contributed by atoms with Gasteiger partial charge in [-0.15, -0.1) is 0 Å². The van der Waals surface area contributed by atoms with Crippen LogP contribution in [0.1, 0.15) is 75.5 Å². The van der Waals surface area contributed by atoms with Crippen LogP contribution in [0.25, 0.3) is 0 Å². The Hall–Kier alpha value is -3.77. The number of aliphatic hydroxyl groups excluding tert-OH is 1. The molecule has 0 radical (unpaired) electrons. The van der Waals surface area contributed by atoms with Gasteiger partial charge in [-0.25, -0.2) is 4.79 Å². The highest BCUT2D eigenvalue weighted by Crippen LogP contribution is 2.43. The summed E-state index contributed by atoms with van der Waals surface area (Å²) in [5.74, 6) is -5.88. The third kappa shape index (κ3) is 9.87. The molecule has 0 aromatic heterocycles. The number of ether oxygens (including phenoxy) is 1. The molecule has 0 spiro atoms. The van der Waals surface area contributed by atoms with E-state index < -0.39 is 59.6 Å². The van der Waals surface area contributed by atoms with Gasteiger partial charge in [-0.05, 0) is 49.8 Å². The van der Waals surface area contributed by atoms with Crippen molar-refractivity contribution in [1.82, 2.24) is 21.3 Å². The lowest BCUT2D eigenvalue weighted by Gasteiger charge is -2.31. The Balaban J connectivity index is 1.57. The Bertz CT molecular complexity index is 1380. The van der Waals surface area contributed by atoms with Gasteiger partial charge in [0.05, 0.1) is 6.04 Å². The molecule has 2 aliphatic rings. The zero-order chi connectivity index (χ0) is 34.0. The summed E-state index contributed by atoms with van der Waals surface area (Å²) in [5, 5.41) is 21.4. The Kier molecular flexibility index (Phi) is 12.9. The van der Waals surface area contributed by atoms with E-state index in [0.717, 1.165) is 38.2 Å². The van der Waals surface area contributed by atoms with Crippen LogP contribution >= 0.6 is 11.6 Å². The molecule has 256 valence electrons. The van der Waals surface area contributed by atoms with E-state index in [1.165, 1.54) is 30.3 Å². The van der Waals surface area contributed by atoms with Gasteiger partial charge >= 0.3 is 12.0 Å². The Morgan fingerprint density at radius 2 is 1.72 bits per heavy atom. The minimum atomic E-state index is -3.70. The van der Waals surface area contributed by atoms with E-state index >= 15 is 8.78 Å². The van der Waals surface area contributed by atoms with E-state index in [4.69, 9.17) is 16.3 Å². The molecule has 2 aromatic rings. The normalized spacial score (nSPS) is 19.5. The van der Waals surface area contributed by atoms with Gasteiger partial charge in [0.2, 0.25) is 11.8 Å². The second-order valence-corrected chi connectivity index (χ2v) is 12.7. The second kappa shape index (κ2) is 16.9. The first-order chi connectivity index (χ1) is 22.5. The number of likely N-dealkylation sites (N-methyl/N-ethyl adjacent to an activating group) is 1. The van der Waals surface area contributed by atoms with Crippen molar-refractivity contribution in [1.29, 1.82) is 0 Å². The average Bonchev–Trinajstić information content (AvgIpc) is 3.47. The number of alkyl carbamates (subject to hydrolysis) is 1. The molecule has 1 heterocycles. The first-order valence-corrected chi connectivity index (χ1v) is 16.6. The number of rotatable bonds is 14. The number of carbonyl (C=O) groups is 4. The molecular formula is C34H43ClF2N4O6. The zero-order valence-corrected chi connectivity index (χ0v) is 27.1. The Morgan fingerprint density at radius 1 is 1.00 bits per heavy atom. The summed E-state index contributed by atoms with van der Waals surface area (Å²) in [7, 11) is 0. The van der Waals surface area contributed by atoms with Crippen molar-refractivity contribution >= 4 is 35.4 Å². The zero-order valence-electron chi connectivity index (χ0n) is 26.4. The highest BCUT2D eigenvalue weighted by atomic mass is 35.5. The number of halogens is 3. The lowest BCUT2D eigenvalue weighted by atomic mass is 9.84. The fourth-order valence-electron chi connectivity index (χ4n) is 6.29. The van der Waals surface area contributed by atoms with E-state index in [1.54, 1.807) is 25.1 Å². The summed E-state index contributed by atoms with van der Waals surface area (Å²) >= 11 is 6.00. The van der Waals surface area contributed by atoms with Crippen molar-refractivity contribution in [2.24, 2.45) is 11.8 Å². The maximum atomic E-state index is 16.0. The molecule has 5 atom stereocenters. The van der Waals surface area contributed by atoms with Crippen molar-refractivity contribution < 1.29 is 37.8 Å². The largest absolute Gasteiger partial charge is 0.434 e. The number of hydrogen-bond donors (Lipinski definition) is 5. The SMILES string of the molecule is CCNC(=O)C(O)[C@H](C[C@@H]1CCNC1=O)NC(=O)[C@H](CC1CCCCC1)NC(=O)OC(c1ccccc1)C(F)(F)c1cccc(Cl)c1. The molecule has 0 bridgehead atoms. The van der Waals surface area contributed by atoms with E-state index in [-0.39, 0.29) is 41.8 Å².